The zero-order chi connectivity index (χ0) is 14.1. The molecule has 20 heavy (non-hydrogen) atoms. The first-order valence-electron chi connectivity index (χ1n) is 5.84. The highest BCUT2D eigenvalue weighted by Gasteiger charge is 2.14. The Kier molecular flexibility index (Phi) is 2.90. The summed E-state index contributed by atoms with van der Waals surface area (Å²) in [6.45, 7) is 0. The highest BCUT2D eigenvalue weighted by molar-refractivity contribution is 6.07. The molecular weight excluding hydrogens is 264 g/mol. The van der Waals surface area contributed by atoms with E-state index >= 15 is 0 Å². The Morgan fingerprint density at radius 1 is 1.15 bits per heavy atom. The third kappa shape index (κ3) is 2.11. The lowest BCUT2D eigenvalue weighted by atomic mass is 10.2. The molecule has 0 aliphatic carbocycles. The van der Waals surface area contributed by atoms with Crippen molar-refractivity contribution in [3.05, 3.63) is 59.7 Å². The average molecular weight is 273 g/mol. The number of benzene rings is 2. The fourth-order valence-corrected chi connectivity index (χ4v) is 1.93. The fraction of sp³-hybridized carbons (Fsp3) is 0. The van der Waals surface area contributed by atoms with Crippen molar-refractivity contribution >= 4 is 22.6 Å². The Morgan fingerprint density at radius 3 is 2.75 bits per heavy atom. The van der Waals surface area contributed by atoms with Gasteiger partial charge < -0.3 is 5.32 Å². The highest BCUT2D eigenvalue weighted by Crippen LogP contribution is 2.23. The van der Waals surface area contributed by atoms with E-state index < -0.39 is 17.5 Å². The van der Waals surface area contributed by atoms with Gasteiger partial charge in [0.25, 0.3) is 5.91 Å². The van der Waals surface area contributed by atoms with Crippen LogP contribution in [0.2, 0.25) is 0 Å². The molecule has 0 aliphatic heterocycles. The minimum absolute atomic E-state index is 0.0763. The van der Waals surface area contributed by atoms with Crippen molar-refractivity contribution in [2.24, 2.45) is 0 Å². The minimum atomic E-state index is -0.554. The predicted octanol–water partition coefficient (Wildman–Crippen LogP) is 3.09. The first-order valence-corrected chi connectivity index (χ1v) is 5.84. The van der Waals surface area contributed by atoms with Gasteiger partial charge in [0, 0.05) is 5.56 Å². The molecule has 100 valence electrons. The molecule has 0 atom stereocenters. The van der Waals surface area contributed by atoms with E-state index in [0.717, 1.165) is 6.07 Å². The van der Waals surface area contributed by atoms with Crippen molar-refractivity contribution in [3.8, 4) is 0 Å². The quantitative estimate of drug-likeness (QED) is 0.753. The summed E-state index contributed by atoms with van der Waals surface area (Å²) in [6.07, 6.45) is 0. The van der Waals surface area contributed by atoms with Crippen molar-refractivity contribution in [1.29, 1.82) is 0 Å². The number of hydrogen-bond acceptors (Lipinski definition) is 2. The number of carbonyl (C=O) groups is 1. The molecule has 2 aromatic carbocycles. The molecule has 0 bridgehead atoms. The molecule has 1 heterocycles. The summed E-state index contributed by atoms with van der Waals surface area (Å²) in [5, 5.41) is 9.12. The summed E-state index contributed by atoms with van der Waals surface area (Å²) in [5.74, 6) is -1.49. The zero-order valence-corrected chi connectivity index (χ0v) is 10.2. The maximum atomic E-state index is 13.7. The summed E-state index contributed by atoms with van der Waals surface area (Å²) in [4.78, 5) is 12.0. The van der Waals surface area contributed by atoms with Gasteiger partial charge in [0.05, 0.1) is 10.9 Å². The number of hydrogen-bond donors (Lipinski definition) is 2. The first-order chi connectivity index (χ1) is 9.65. The van der Waals surface area contributed by atoms with Crippen LogP contribution >= 0.6 is 0 Å². The van der Waals surface area contributed by atoms with Crippen molar-refractivity contribution in [3.63, 3.8) is 0 Å². The van der Waals surface area contributed by atoms with Crippen LogP contribution < -0.4 is 5.32 Å². The smallest absolute Gasteiger partial charge is 0.256 e. The molecule has 0 fully saturated rings. The maximum Gasteiger partial charge on any atom is 0.256 e. The van der Waals surface area contributed by atoms with Gasteiger partial charge in [-0.2, -0.15) is 5.10 Å². The van der Waals surface area contributed by atoms with E-state index in [2.05, 4.69) is 15.5 Å². The lowest BCUT2D eigenvalue weighted by Gasteiger charge is -2.03. The van der Waals surface area contributed by atoms with Gasteiger partial charge in [-0.05, 0) is 30.3 Å². The third-order valence-electron chi connectivity index (χ3n) is 2.86. The minimum Gasteiger partial charge on any atom is -0.304 e. The van der Waals surface area contributed by atoms with Gasteiger partial charge in [-0.15, -0.1) is 0 Å². The number of halogens is 2. The predicted molar refractivity (Wildman–Crippen MR) is 70.4 cm³/mol. The molecule has 2 N–H and O–H groups in total. The summed E-state index contributed by atoms with van der Waals surface area (Å²) >= 11 is 0. The van der Waals surface area contributed by atoms with Gasteiger partial charge >= 0.3 is 0 Å². The molecule has 0 saturated carbocycles. The van der Waals surface area contributed by atoms with Gasteiger partial charge in [-0.25, -0.2) is 8.78 Å². The van der Waals surface area contributed by atoms with E-state index in [1.807, 2.05) is 0 Å². The summed E-state index contributed by atoms with van der Waals surface area (Å²) in [6, 6.07) is 9.67. The average Bonchev–Trinajstić information content (AvgIpc) is 2.83. The van der Waals surface area contributed by atoms with Crippen LogP contribution in [0.3, 0.4) is 0 Å². The van der Waals surface area contributed by atoms with Crippen LogP contribution in [0.25, 0.3) is 10.9 Å². The number of nitrogens with zero attached hydrogens (tertiary/aromatic N) is 1. The van der Waals surface area contributed by atoms with E-state index in [1.54, 1.807) is 6.07 Å². The summed E-state index contributed by atoms with van der Waals surface area (Å²) in [7, 11) is 0. The number of aromatic amines is 1. The zero-order valence-electron chi connectivity index (χ0n) is 10.2. The van der Waals surface area contributed by atoms with E-state index in [4.69, 9.17) is 0 Å². The number of aromatic nitrogens is 2. The van der Waals surface area contributed by atoms with Crippen LogP contribution in [-0.4, -0.2) is 16.1 Å². The normalized spacial score (nSPS) is 10.7. The first kappa shape index (κ1) is 12.3. The number of H-pyrrole nitrogens is 1. The molecule has 0 radical (unpaired) electrons. The molecule has 1 aromatic heterocycles. The van der Waals surface area contributed by atoms with E-state index in [0.29, 0.717) is 5.52 Å². The van der Waals surface area contributed by atoms with E-state index in [9.17, 15) is 13.6 Å². The van der Waals surface area contributed by atoms with Gasteiger partial charge in [0.2, 0.25) is 0 Å². The Labute approximate surface area is 112 Å². The molecule has 0 spiro atoms. The lowest BCUT2D eigenvalue weighted by molar-refractivity contribution is 0.102. The highest BCUT2D eigenvalue weighted by atomic mass is 19.1. The summed E-state index contributed by atoms with van der Waals surface area (Å²) < 4.78 is 26.8. The van der Waals surface area contributed by atoms with Crippen LogP contribution in [0, 0.1) is 11.6 Å². The molecule has 0 unspecified atom stereocenters. The van der Waals surface area contributed by atoms with Crippen LogP contribution in [0.1, 0.15) is 10.4 Å². The molecule has 1 amide bonds. The second-order valence-electron chi connectivity index (χ2n) is 4.20. The number of rotatable bonds is 2. The topological polar surface area (TPSA) is 57.8 Å². The van der Waals surface area contributed by atoms with Crippen LogP contribution in [0.4, 0.5) is 14.6 Å². The molecule has 0 saturated heterocycles. The number of fused-ring (bicyclic) bond motifs is 1. The number of anilines is 1. The van der Waals surface area contributed by atoms with Crippen molar-refractivity contribution in [1.82, 2.24) is 10.2 Å². The molecule has 4 nitrogen and oxygen atoms in total. The van der Waals surface area contributed by atoms with E-state index in [-0.39, 0.29) is 16.8 Å². The molecule has 0 aliphatic rings. The van der Waals surface area contributed by atoms with Crippen LogP contribution in [0.15, 0.2) is 42.5 Å². The Hall–Kier alpha value is -2.76. The molecular formula is C14H9F2N3O. The number of amides is 1. The fourth-order valence-electron chi connectivity index (χ4n) is 1.93. The SMILES string of the molecule is O=C(Nc1n[nH]c2cccc(F)c12)c1cccc(F)c1. The van der Waals surface area contributed by atoms with Crippen molar-refractivity contribution in [2.75, 3.05) is 5.32 Å². The van der Waals surface area contributed by atoms with Gasteiger partial charge in [0.1, 0.15) is 11.6 Å². The third-order valence-corrected chi connectivity index (χ3v) is 2.86. The van der Waals surface area contributed by atoms with Crippen LogP contribution in [0.5, 0.6) is 0 Å². The number of nitrogens with one attached hydrogen (secondary N) is 2. The van der Waals surface area contributed by atoms with Gasteiger partial charge in [-0.1, -0.05) is 12.1 Å². The molecule has 3 aromatic rings. The Morgan fingerprint density at radius 2 is 1.95 bits per heavy atom. The lowest BCUT2D eigenvalue weighted by Crippen LogP contribution is -2.12. The largest absolute Gasteiger partial charge is 0.304 e. The van der Waals surface area contributed by atoms with Crippen molar-refractivity contribution in [2.45, 2.75) is 0 Å². The monoisotopic (exact) mass is 273 g/mol. The van der Waals surface area contributed by atoms with Gasteiger partial charge in [-0.3, -0.25) is 9.89 Å². The second-order valence-corrected chi connectivity index (χ2v) is 4.20. The standard InChI is InChI=1S/C14H9F2N3O/c15-9-4-1-3-8(7-9)14(20)17-13-12-10(16)5-2-6-11(12)18-19-13/h1-7H,(H2,17,18,19,20). The Bertz CT molecular complexity index is 798. The number of carbonyl (C=O) groups excluding carboxylic acids is 1. The molecule has 3 rings (SSSR count). The van der Waals surface area contributed by atoms with Gasteiger partial charge in [0.15, 0.2) is 5.82 Å². The van der Waals surface area contributed by atoms with Crippen molar-refractivity contribution < 1.29 is 13.6 Å². The van der Waals surface area contributed by atoms with Crippen LogP contribution in [-0.2, 0) is 0 Å². The summed E-state index contributed by atoms with van der Waals surface area (Å²) in [5.41, 5.74) is 0.608. The maximum absolute atomic E-state index is 13.7. The molecule has 6 heteroatoms. The second kappa shape index (κ2) is 4.73. The Balaban J connectivity index is 1.96. The van der Waals surface area contributed by atoms with E-state index in [1.165, 1.54) is 30.3 Å².